The predicted molar refractivity (Wildman–Crippen MR) is 117 cm³/mol. The van der Waals surface area contributed by atoms with Gasteiger partial charge in [0.25, 0.3) is 0 Å². The van der Waals surface area contributed by atoms with Gasteiger partial charge in [-0.25, -0.2) is 14.6 Å². The molecule has 0 atom stereocenters. The molecular weight excluding hydrogens is 378 g/mol. The summed E-state index contributed by atoms with van der Waals surface area (Å²) in [6.45, 7) is 0. The van der Waals surface area contributed by atoms with Crippen LogP contribution < -0.4 is 0 Å². The average Bonchev–Trinajstić information content (AvgIpc) is 2.80. The van der Waals surface area contributed by atoms with Crippen molar-refractivity contribution in [3.63, 3.8) is 0 Å². The van der Waals surface area contributed by atoms with Gasteiger partial charge >= 0.3 is 11.9 Å². The summed E-state index contributed by atoms with van der Waals surface area (Å²) in [5.74, 6) is -0.720. The molecule has 0 aliphatic heterocycles. The number of carbonyl (C=O) groups excluding carboxylic acids is 2. The highest BCUT2D eigenvalue weighted by Crippen LogP contribution is 2.32. The van der Waals surface area contributed by atoms with Gasteiger partial charge in [0.1, 0.15) is 0 Å². The van der Waals surface area contributed by atoms with Crippen LogP contribution in [0, 0.1) is 0 Å². The first-order valence-corrected chi connectivity index (χ1v) is 9.45. The number of nitrogens with zero attached hydrogens (tertiary/aromatic N) is 1. The van der Waals surface area contributed by atoms with E-state index in [2.05, 4.69) is 6.07 Å². The smallest absolute Gasteiger partial charge is 0.337 e. The number of benzene rings is 4. The van der Waals surface area contributed by atoms with Crippen molar-refractivity contribution in [3.8, 4) is 0 Å². The van der Waals surface area contributed by atoms with E-state index in [1.807, 2.05) is 48.5 Å². The predicted octanol–water partition coefficient (Wildman–Crippen LogP) is 5.27. The van der Waals surface area contributed by atoms with Crippen LogP contribution in [0.5, 0.6) is 0 Å². The summed E-state index contributed by atoms with van der Waals surface area (Å²) < 4.78 is 9.66. The number of carbonyl (C=O) groups is 2. The maximum Gasteiger partial charge on any atom is 0.337 e. The Balaban J connectivity index is 1.79. The van der Waals surface area contributed by atoms with Crippen LogP contribution in [0.15, 0.2) is 66.7 Å². The molecule has 5 rings (SSSR count). The SMILES string of the molecule is COC(=O)c1ccc2c(ccc3nc4ccc5cc(C(=O)OC)ccc5c4cc32)c1. The van der Waals surface area contributed by atoms with Crippen LogP contribution in [0.1, 0.15) is 20.7 Å². The number of fused-ring (bicyclic) bond motifs is 6. The fraction of sp³-hybridized carbons (Fsp3) is 0.0800. The zero-order valence-electron chi connectivity index (χ0n) is 16.4. The van der Waals surface area contributed by atoms with E-state index >= 15 is 0 Å². The van der Waals surface area contributed by atoms with Gasteiger partial charge in [0, 0.05) is 10.8 Å². The summed E-state index contributed by atoms with van der Waals surface area (Å²) in [6.07, 6.45) is 0. The van der Waals surface area contributed by atoms with E-state index in [-0.39, 0.29) is 11.9 Å². The Morgan fingerprint density at radius 2 is 1.07 bits per heavy atom. The standard InChI is InChI=1S/C25H17NO4/c1-29-24(27)16-3-7-18-14(11-16)5-9-22-20(18)13-21-19-8-4-17(25(28)30-2)12-15(19)6-10-23(21)26-22/h3-13H,1-2H3. The molecule has 5 heteroatoms. The largest absolute Gasteiger partial charge is 0.465 e. The van der Waals surface area contributed by atoms with Crippen molar-refractivity contribution in [3.05, 3.63) is 77.9 Å². The second kappa shape index (κ2) is 6.81. The lowest BCUT2D eigenvalue weighted by molar-refractivity contribution is 0.0592. The van der Waals surface area contributed by atoms with Crippen molar-refractivity contribution >= 4 is 55.3 Å². The Bertz CT molecular complexity index is 1390. The van der Waals surface area contributed by atoms with Crippen molar-refractivity contribution in [2.75, 3.05) is 14.2 Å². The quantitative estimate of drug-likeness (QED) is 0.231. The lowest BCUT2D eigenvalue weighted by Crippen LogP contribution is -2.00. The first kappa shape index (κ1) is 18.1. The van der Waals surface area contributed by atoms with E-state index in [1.165, 1.54) is 14.2 Å². The number of hydrogen-bond acceptors (Lipinski definition) is 5. The van der Waals surface area contributed by atoms with Crippen LogP contribution in [-0.4, -0.2) is 31.1 Å². The average molecular weight is 395 g/mol. The van der Waals surface area contributed by atoms with Gasteiger partial charge in [-0.05, 0) is 64.0 Å². The fourth-order valence-corrected chi connectivity index (χ4v) is 3.95. The van der Waals surface area contributed by atoms with E-state index in [4.69, 9.17) is 14.5 Å². The van der Waals surface area contributed by atoms with E-state index in [1.54, 1.807) is 12.1 Å². The molecule has 0 aliphatic carbocycles. The molecular formula is C25H17NO4. The minimum atomic E-state index is -0.360. The number of ether oxygens (including phenoxy) is 2. The summed E-state index contributed by atoms with van der Waals surface area (Å²) in [6, 6.07) is 21.0. The van der Waals surface area contributed by atoms with E-state index in [9.17, 15) is 9.59 Å². The minimum Gasteiger partial charge on any atom is -0.465 e. The highest BCUT2D eigenvalue weighted by molar-refractivity contribution is 6.16. The Kier molecular flexibility index (Phi) is 4.10. The monoisotopic (exact) mass is 395 g/mol. The maximum atomic E-state index is 11.9. The molecule has 5 aromatic rings. The molecule has 146 valence electrons. The number of methoxy groups -OCH3 is 2. The Morgan fingerprint density at radius 1 is 0.600 bits per heavy atom. The van der Waals surface area contributed by atoms with Crippen molar-refractivity contribution in [1.82, 2.24) is 4.98 Å². The third-order valence-corrected chi connectivity index (χ3v) is 5.45. The first-order valence-electron chi connectivity index (χ1n) is 9.45. The molecule has 0 saturated heterocycles. The second-order valence-corrected chi connectivity index (χ2v) is 7.11. The lowest BCUT2D eigenvalue weighted by atomic mass is 9.98. The fourth-order valence-electron chi connectivity index (χ4n) is 3.95. The molecule has 4 aromatic carbocycles. The number of esters is 2. The summed E-state index contributed by atoms with van der Waals surface area (Å²) in [5.41, 5.74) is 2.79. The van der Waals surface area contributed by atoms with Gasteiger partial charge in [-0.15, -0.1) is 0 Å². The van der Waals surface area contributed by atoms with Crippen LogP contribution in [0.25, 0.3) is 43.4 Å². The number of rotatable bonds is 2. The molecule has 1 aromatic heterocycles. The topological polar surface area (TPSA) is 65.5 Å². The highest BCUT2D eigenvalue weighted by atomic mass is 16.5. The third-order valence-electron chi connectivity index (χ3n) is 5.45. The normalized spacial score (nSPS) is 11.3. The number of hydrogen-bond donors (Lipinski definition) is 0. The van der Waals surface area contributed by atoms with Gasteiger partial charge in [0.05, 0.1) is 36.4 Å². The lowest BCUT2D eigenvalue weighted by Gasteiger charge is -2.10. The maximum absolute atomic E-state index is 11.9. The third kappa shape index (κ3) is 2.75. The number of aromatic nitrogens is 1. The number of pyridine rings is 1. The van der Waals surface area contributed by atoms with Gasteiger partial charge < -0.3 is 9.47 Å². The van der Waals surface area contributed by atoms with Gasteiger partial charge in [0.15, 0.2) is 0 Å². The summed E-state index contributed by atoms with van der Waals surface area (Å²) in [7, 11) is 2.75. The van der Waals surface area contributed by atoms with E-state index in [0.717, 1.165) is 43.4 Å². The molecule has 1 heterocycles. The van der Waals surface area contributed by atoms with Crippen LogP contribution >= 0.6 is 0 Å². The van der Waals surface area contributed by atoms with E-state index in [0.29, 0.717) is 11.1 Å². The Morgan fingerprint density at radius 3 is 1.50 bits per heavy atom. The highest BCUT2D eigenvalue weighted by Gasteiger charge is 2.12. The first-order chi connectivity index (χ1) is 14.6. The molecule has 0 saturated carbocycles. The van der Waals surface area contributed by atoms with Crippen LogP contribution in [-0.2, 0) is 9.47 Å². The summed E-state index contributed by atoms with van der Waals surface area (Å²) >= 11 is 0. The van der Waals surface area contributed by atoms with E-state index < -0.39 is 0 Å². The van der Waals surface area contributed by atoms with Crippen molar-refractivity contribution < 1.29 is 19.1 Å². The molecule has 0 spiro atoms. The van der Waals surface area contributed by atoms with Crippen molar-refractivity contribution in [2.24, 2.45) is 0 Å². The zero-order chi connectivity index (χ0) is 20.8. The molecule has 5 nitrogen and oxygen atoms in total. The summed E-state index contributed by atoms with van der Waals surface area (Å²) in [4.78, 5) is 28.6. The van der Waals surface area contributed by atoms with Crippen molar-refractivity contribution in [2.45, 2.75) is 0 Å². The molecule has 0 fully saturated rings. The Labute approximate surface area is 171 Å². The molecule has 0 N–H and O–H groups in total. The molecule has 30 heavy (non-hydrogen) atoms. The molecule has 0 amide bonds. The van der Waals surface area contributed by atoms with Gasteiger partial charge in [-0.3, -0.25) is 0 Å². The summed E-state index contributed by atoms with van der Waals surface area (Å²) in [5, 5.41) is 5.91. The molecule has 0 unspecified atom stereocenters. The molecule has 0 aliphatic rings. The van der Waals surface area contributed by atoms with Crippen molar-refractivity contribution in [1.29, 1.82) is 0 Å². The Hall–Kier alpha value is -3.99. The van der Waals surface area contributed by atoms with Gasteiger partial charge in [-0.2, -0.15) is 0 Å². The van der Waals surface area contributed by atoms with Gasteiger partial charge in [-0.1, -0.05) is 24.3 Å². The van der Waals surface area contributed by atoms with Crippen LogP contribution in [0.3, 0.4) is 0 Å². The van der Waals surface area contributed by atoms with Crippen LogP contribution in [0.4, 0.5) is 0 Å². The van der Waals surface area contributed by atoms with Gasteiger partial charge in [0.2, 0.25) is 0 Å². The molecule has 0 bridgehead atoms. The molecule has 0 radical (unpaired) electrons. The zero-order valence-corrected chi connectivity index (χ0v) is 16.4. The minimum absolute atomic E-state index is 0.360. The second-order valence-electron chi connectivity index (χ2n) is 7.11. The van der Waals surface area contributed by atoms with Crippen LogP contribution in [0.2, 0.25) is 0 Å².